The van der Waals surface area contributed by atoms with E-state index in [-0.39, 0.29) is 0 Å². The molecule has 104 valence electrons. The molecule has 1 rings (SSSR count). The highest BCUT2D eigenvalue weighted by Gasteiger charge is 2.55. The molecule has 5 nitrogen and oxygen atoms in total. The minimum atomic E-state index is -3.99. The molecule has 7 heteroatoms. The number of ether oxygens (including phenoxy) is 1. The van der Waals surface area contributed by atoms with Crippen molar-refractivity contribution < 1.29 is 28.2 Å². The van der Waals surface area contributed by atoms with Crippen molar-refractivity contribution in [2.75, 3.05) is 0 Å². The Kier molecular flexibility index (Phi) is 3.83. The van der Waals surface area contributed by atoms with Crippen molar-refractivity contribution in [3.8, 4) is 0 Å². The number of carboxylic acid groups (broad SMARTS) is 1. The number of rotatable bonds is 4. The first-order valence-corrected chi connectivity index (χ1v) is 5.65. The fourth-order valence-electron chi connectivity index (χ4n) is 1.50. The number of amides is 1. The number of alkyl carbamates (subject to hydrolysis) is 1. The first kappa shape index (κ1) is 14.7. The van der Waals surface area contributed by atoms with E-state index in [9.17, 15) is 18.4 Å². The van der Waals surface area contributed by atoms with Crippen LogP contribution in [0.25, 0.3) is 0 Å². The summed E-state index contributed by atoms with van der Waals surface area (Å²) < 4.78 is 31.7. The van der Waals surface area contributed by atoms with E-state index >= 15 is 0 Å². The number of carbonyl (C=O) groups is 2. The highest BCUT2D eigenvalue weighted by Crippen LogP contribution is 2.39. The van der Waals surface area contributed by atoms with Crippen molar-refractivity contribution in [2.45, 2.75) is 51.2 Å². The largest absolute Gasteiger partial charge is 0.477 e. The molecule has 1 fully saturated rings. The van der Waals surface area contributed by atoms with Crippen molar-refractivity contribution >= 4 is 12.1 Å². The molecule has 0 saturated heterocycles. The second-order valence-corrected chi connectivity index (χ2v) is 5.39. The number of halogens is 2. The van der Waals surface area contributed by atoms with Gasteiger partial charge in [0.1, 0.15) is 11.6 Å². The third-order valence-electron chi connectivity index (χ3n) is 2.44. The molecular formula is C11H17F2NO4. The lowest BCUT2D eigenvalue weighted by molar-refractivity contribution is -0.170. The molecule has 0 radical (unpaired) electrons. The van der Waals surface area contributed by atoms with Crippen LogP contribution in [0.4, 0.5) is 13.6 Å². The van der Waals surface area contributed by atoms with E-state index < -0.39 is 35.5 Å². The van der Waals surface area contributed by atoms with Crippen molar-refractivity contribution in [1.29, 1.82) is 0 Å². The summed E-state index contributed by atoms with van der Waals surface area (Å²) in [6.45, 7) is 4.77. The Labute approximate surface area is 103 Å². The lowest BCUT2D eigenvalue weighted by atomic mass is 10.1. The third kappa shape index (κ3) is 3.82. The van der Waals surface area contributed by atoms with Gasteiger partial charge in [-0.1, -0.05) is 0 Å². The van der Waals surface area contributed by atoms with Crippen LogP contribution in [0, 0.1) is 5.92 Å². The average molecular weight is 265 g/mol. The molecule has 0 aliphatic heterocycles. The number of alkyl halides is 2. The van der Waals surface area contributed by atoms with Gasteiger partial charge in [-0.05, 0) is 39.5 Å². The number of aliphatic carboxylic acids is 1. The zero-order chi connectivity index (χ0) is 14.1. The molecule has 1 amide bonds. The van der Waals surface area contributed by atoms with Crippen molar-refractivity contribution in [2.24, 2.45) is 5.92 Å². The fourth-order valence-corrected chi connectivity index (χ4v) is 1.50. The van der Waals surface area contributed by atoms with E-state index in [1.807, 2.05) is 5.32 Å². The number of carboxylic acids is 1. The summed E-state index contributed by atoms with van der Waals surface area (Å²) >= 11 is 0. The summed E-state index contributed by atoms with van der Waals surface area (Å²) in [6.07, 6.45) is -0.0764. The second kappa shape index (κ2) is 4.70. The van der Waals surface area contributed by atoms with Gasteiger partial charge < -0.3 is 15.2 Å². The van der Waals surface area contributed by atoms with Crippen LogP contribution < -0.4 is 5.32 Å². The summed E-state index contributed by atoms with van der Waals surface area (Å²) in [7, 11) is 0. The highest BCUT2D eigenvalue weighted by atomic mass is 19.3. The summed E-state index contributed by atoms with van der Waals surface area (Å²) in [6, 6.07) is -1.72. The molecule has 1 aliphatic carbocycles. The quantitative estimate of drug-likeness (QED) is 0.815. The normalized spacial score (nSPS) is 18.1. The molecule has 0 spiro atoms. The molecule has 1 atom stereocenters. The smallest absolute Gasteiger partial charge is 0.408 e. The SMILES string of the molecule is CC(C)(C)OC(=O)NC(C1CC1)C(F)(F)C(=O)O. The molecule has 1 aliphatic rings. The zero-order valence-electron chi connectivity index (χ0n) is 10.5. The maximum Gasteiger partial charge on any atom is 0.408 e. The zero-order valence-corrected chi connectivity index (χ0v) is 10.5. The van der Waals surface area contributed by atoms with Crippen LogP contribution in [0.3, 0.4) is 0 Å². The molecule has 18 heavy (non-hydrogen) atoms. The van der Waals surface area contributed by atoms with Gasteiger partial charge in [-0.2, -0.15) is 8.78 Å². The number of carbonyl (C=O) groups excluding carboxylic acids is 1. The van der Waals surface area contributed by atoms with E-state index in [0.717, 1.165) is 0 Å². The standard InChI is InChI=1S/C11H17F2NO4/c1-10(2,3)18-9(17)14-7(6-4-5-6)11(12,13)8(15)16/h6-7H,4-5H2,1-3H3,(H,14,17)(H,15,16). The lowest BCUT2D eigenvalue weighted by Crippen LogP contribution is -2.54. The number of hydrogen-bond donors (Lipinski definition) is 2. The maximum atomic E-state index is 13.4. The Hall–Kier alpha value is -1.40. The van der Waals surface area contributed by atoms with Gasteiger partial charge in [0.05, 0.1) is 0 Å². The van der Waals surface area contributed by atoms with Crippen LogP contribution in [0.1, 0.15) is 33.6 Å². The van der Waals surface area contributed by atoms with Gasteiger partial charge in [0, 0.05) is 0 Å². The molecule has 0 aromatic rings. The van der Waals surface area contributed by atoms with Gasteiger partial charge in [0.2, 0.25) is 0 Å². The predicted molar refractivity (Wildman–Crippen MR) is 58.5 cm³/mol. The molecule has 2 N–H and O–H groups in total. The van der Waals surface area contributed by atoms with Crippen LogP contribution in [0.2, 0.25) is 0 Å². The molecular weight excluding hydrogens is 248 g/mol. The minimum absolute atomic E-state index is 0.476. The van der Waals surface area contributed by atoms with Crippen molar-refractivity contribution in [1.82, 2.24) is 5.32 Å². The minimum Gasteiger partial charge on any atom is -0.477 e. The van der Waals surface area contributed by atoms with Gasteiger partial charge in [0.15, 0.2) is 0 Å². The summed E-state index contributed by atoms with van der Waals surface area (Å²) in [5, 5.41) is 10.5. The van der Waals surface area contributed by atoms with Crippen LogP contribution in [0.15, 0.2) is 0 Å². The molecule has 0 aromatic carbocycles. The van der Waals surface area contributed by atoms with Crippen LogP contribution in [-0.4, -0.2) is 34.7 Å². The second-order valence-electron chi connectivity index (χ2n) is 5.39. The molecule has 0 heterocycles. The van der Waals surface area contributed by atoms with Gasteiger partial charge in [-0.3, -0.25) is 0 Å². The topological polar surface area (TPSA) is 75.6 Å². The first-order valence-electron chi connectivity index (χ1n) is 5.65. The van der Waals surface area contributed by atoms with Crippen molar-refractivity contribution in [3.05, 3.63) is 0 Å². The molecule has 1 saturated carbocycles. The van der Waals surface area contributed by atoms with Crippen LogP contribution in [0.5, 0.6) is 0 Å². The Balaban J connectivity index is 2.70. The Morgan fingerprint density at radius 3 is 2.17 bits per heavy atom. The fraction of sp³-hybridized carbons (Fsp3) is 0.818. The van der Waals surface area contributed by atoms with Crippen LogP contribution in [-0.2, 0) is 9.53 Å². The highest BCUT2D eigenvalue weighted by molar-refractivity contribution is 5.78. The van der Waals surface area contributed by atoms with E-state index in [1.165, 1.54) is 0 Å². The average Bonchev–Trinajstić information content (AvgIpc) is 2.93. The first-order chi connectivity index (χ1) is 8.04. The van der Waals surface area contributed by atoms with E-state index in [0.29, 0.717) is 12.8 Å². The van der Waals surface area contributed by atoms with Gasteiger partial charge >= 0.3 is 18.0 Å². The van der Waals surface area contributed by atoms with E-state index in [1.54, 1.807) is 20.8 Å². The Morgan fingerprint density at radius 2 is 1.83 bits per heavy atom. The molecule has 0 bridgehead atoms. The van der Waals surface area contributed by atoms with Gasteiger partial charge in [-0.15, -0.1) is 0 Å². The maximum absolute atomic E-state index is 13.4. The van der Waals surface area contributed by atoms with Crippen LogP contribution >= 0.6 is 0 Å². The van der Waals surface area contributed by atoms with Crippen molar-refractivity contribution in [3.63, 3.8) is 0 Å². The summed E-state index contributed by atoms with van der Waals surface area (Å²) in [5.41, 5.74) is -0.823. The monoisotopic (exact) mass is 265 g/mol. The lowest BCUT2D eigenvalue weighted by Gasteiger charge is -2.26. The third-order valence-corrected chi connectivity index (χ3v) is 2.44. The summed E-state index contributed by atoms with van der Waals surface area (Å²) in [4.78, 5) is 21.9. The Morgan fingerprint density at radius 1 is 1.33 bits per heavy atom. The van der Waals surface area contributed by atoms with E-state index in [4.69, 9.17) is 9.84 Å². The molecule has 1 unspecified atom stereocenters. The van der Waals surface area contributed by atoms with E-state index in [2.05, 4.69) is 0 Å². The number of nitrogens with one attached hydrogen (secondary N) is 1. The number of hydrogen-bond acceptors (Lipinski definition) is 3. The van der Waals surface area contributed by atoms with Gasteiger partial charge in [0.25, 0.3) is 0 Å². The van der Waals surface area contributed by atoms with Gasteiger partial charge in [-0.25, -0.2) is 9.59 Å². The Bertz CT molecular complexity index is 347. The molecule has 0 aromatic heterocycles. The summed E-state index contributed by atoms with van der Waals surface area (Å²) in [5.74, 6) is -6.74. The predicted octanol–water partition coefficient (Wildman–Crippen LogP) is 2.01.